The van der Waals surface area contributed by atoms with Gasteiger partial charge in [0.1, 0.15) is 0 Å². The highest BCUT2D eigenvalue weighted by molar-refractivity contribution is 5.97. The number of hydrogen-bond acceptors (Lipinski definition) is 3. The van der Waals surface area contributed by atoms with E-state index in [0.717, 1.165) is 24.9 Å². The lowest BCUT2D eigenvalue weighted by Gasteiger charge is -2.20. The Hall–Kier alpha value is -1.19. The Bertz CT molecular complexity index is 423. The fraction of sp³-hybridized carbons (Fsp3) is 0.588. The Morgan fingerprint density at radius 1 is 1.30 bits per heavy atom. The predicted molar refractivity (Wildman–Crippen MR) is 81.2 cm³/mol. The molecule has 0 heterocycles. The first-order valence-electron chi connectivity index (χ1n) is 7.59. The van der Waals surface area contributed by atoms with Crippen LogP contribution in [0.5, 0.6) is 0 Å². The summed E-state index contributed by atoms with van der Waals surface area (Å²) in [6, 6.07) is 8.68. The zero-order valence-corrected chi connectivity index (χ0v) is 12.6. The van der Waals surface area contributed by atoms with Gasteiger partial charge >= 0.3 is 0 Å². The van der Waals surface area contributed by atoms with Gasteiger partial charge in [0.2, 0.25) is 0 Å². The van der Waals surface area contributed by atoms with Crippen LogP contribution in [0.25, 0.3) is 0 Å². The second kappa shape index (κ2) is 7.55. The van der Waals surface area contributed by atoms with Gasteiger partial charge in [0.15, 0.2) is 5.78 Å². The van der Waals surface area contributed by atoms with Gasteiger partial charge in [0.05, 0.1) is 13.2 Å². The minimum Gasteiger partial charge on any atom is -0.383 e. The molecule has 1 fully saturated rings. The van der Waals surface area contributed by atoms with Gasteiger partial charge in [-0.3, -0.25) is 9.69 Å². The number of hydrogen-bond donors (Lipinski definition) is 0. The molecule has 0 bridgehead atoms. The number of carbonyl (C=O) groups excluding carboxylic acids is 1. The van der Waals surface area contributed by atoms with Crippen molar-refractivity contribution < 1.29 is 9.53 Å². The van der Waals surface area contributed by atoms with E-state index in [0.29, 0.717) is 19.2 Å². The van der Waals surface area contributed by atoms with Crippen LogP contribution < -0.4 is 0 Å². The number of methoxy groups -OCH3 is 1. The van der Waals surface area contributed by atoms with Crippen LogP contribution in [0.15, 0.2) is 24.3 Å². The van der Waals surface area contributed by atoms with E-state index < -0.39 is 0 Å². The van der Waals surface area contributed by atoms with Crippen molar-refractivity contribution in [2.75, 3.05) is 26.8 Å². The molecule has 1 aromatic carbocycles. The summed E-state index contributed by atoms with van der Waals surface area (Å²) >= 11 is 0. The van der Waals surface area contributed by atoms with Gasteiger partial charge in [-0.15, -0.1) is 0 Å². The first-order valence-corrected chi connectivity index (χ1v) is 7.59. The Morgan fingerprint density at radius 3 is 2.55 bits per heavy atom. The third-order valence-corrected chi connectivity index (χ3v) is 3.81. The summed E-state index contributed by atoms with van der Waals surface area (Å²) in [7, 11) is 1.71. The highest BCUT2D eigenvalue weighted by Crippen LogP contribution is 2.26. The Labute approximate surface area is 121 Å². The highest BCUT2D eigenvalue weighted by atomic mass is 16.5. The van der Waals surface area contributed by atoms with E-state index in [-0.39, 0.29) is 5.78 Å². The fourth-order valence-electron chi connectivity index (χ4n) is 2.46. The van der Waals surface area contributed by atoms with Crippen molar-refractivity contribution in [2.24, 2.45) is 0 Å². The summed E-state index contributed by atoms with van der Waals surface area (Å²) < 4.78 is 5.13. The topological polar surface area (TPSA) is 29.5 Å². The zero-order chi connectivity index (χ0) is 14.4. The third kappa shape index (κ3) is 4.43. The number of Topliss-reactive ketones (excluding diaryl/α,β-unsaturated/α-hetero) is 1. The molecule has 3 heteroatoms. The van der Waals surface area contributed by atoms with Crippen molar-refractivity contribution in [2.45, 2.75) is 38.6 Å². The van der Waals surface area contributed by atoms with Crippen molar-refractivity contribution in [3.8, 4) is 0 Å². The van der Waals surface area contributed by atoms with Gasteiger partial charge in [-0.05, 0) is 24.8 Å². The summed E-state index contributed by atoms with van der Waals surface area (Å²) in [6.45, 7) is 4.23. The standard InChI is InChI=1S/C17H25NO2/c1-3-4-14-5-7-15(8-6-14)17(19)13-18(11-12-20-2)16-9-10-16/h5-8,16H,3-4,9-13H2,1-2H3. The number of benzene rings is 1. The third-order valence-electron chi connectivity index (χ3n) is 3.81. The van der Waals surface area contributed by atoms with Crippen LogP contribution >= 0.6 is 0 Å². The van der Waals surface area contributed by atoms with E-state index in [1.807, 2.05) is 12.1 Å². The van der Waals surface area contributed by atoms with E-state index >= 15 is 0 Å². The number of carbonyl (C=O) groups is 1. The molecule has 2 rings (SSSR count). The minimum atomic E-state index is 0.219. The van der Waals surface area contributed by atoms with Crippen LogP contribution in [0.2, 0.25) is 0 Å². The lowest BCUT2D eigenvalue weighted by Crippen LogP contribution is -2.34. The second-order valence-electron chi connectivity index (χ2n) is 5.56. The molecule has 0 saturated heterocycles. The molecule has 0 aliphatic heterocycles. The number of aryl methyl sites for hydroxylation is 1. The van der Waals surface area contributed by atoms with Crippen molar-refractivity contribution in [3.05, 3.63) is 35.4 Å². The average molecular weight is 275 g/mol. The van der Waals surface area contributed by atoms with Crippen LogP contribution in [0.4, 0.5) is 0 Å². The highest BCUT2D eigenvalue weighted by Gasteiger charge is 2.30. The normalized spacial score (nSPS) is 14.8. The van der Waals surface area contributed by atoms with Gasteiger partial charge in [-0.2, -0.15) is 0 Å². The molecule has 1 saturated carbocycles. The maximum Gasteiger partial charge on any atom is 0.176 e. The molecule has 0 atom stereocenters. The monoisotopic (exact) mass is 275 g/mol. The minimum absolute atomic E-state index is 0.219. The van der Waals surface area contributed by atoms with Gasteiger partial charge in [0.25, 0.3) is 0 Å². The van der Waals surface area contributed by atoms with Gasteiger partial charge in [0, 0.05) is 25.3 Å². The van der Waals surface area contributed by atoms with Crippen molar-refractivity contribution >= 4 is 5.78 Å². The molecule has 0 unspecified atom stereocenters. The molecule has 0 aromatic heterocycles. The molecule has 0 spiro atoms. The molecular formula is C17H25NO2. The molecular weight excluding hydrogens is 250 g/mol. The maximum absolute atomic E-state index is 12.3. The average Bonchev–Trinajstić information content (AvgIpc) is 3.29. The van der Waals surface area contributed by atoms with Crippen LogP contribution in [0.3, 0.4) is 0 Å². The molecule has 1 aliphatic carbocycles. The van der Waals surface area contributed by atoms with Crippen molar-refractivity contribution in [1.82, 2.24) is 4.90 Å². The first kappa shape index (κ1) is 15.2. The first-order chi connectivity index (χ1) is 9.74. The SMILES string of the molecule is CCCc1ccc(C(=O)CN(CCOC)C2CC2)cc1. The van der Waals surface area contributed by atoms with Crippen LogP contribution in [-0.2, 0) is 11.2 Å². The van der Waals surface area contributed by atoms with E-state index in [2.05, 4.69) is 24.0 Å². The maximum atomic E-state index is 12.3. The van der Waals surface area contributed by atoms with E-state index in [4.69, 9.17) is 4.74 Å². The predicted octanol–water partition coefficient (Wildman–Crippen LogP) is 2.93. The van der Waals surface area contributed by atoms with Gasteiger partial charge in [-0.1, -0.05) is 37.6 Å². The van der Waals surface area contributed by atoms with Crippen LogP contribution in [-0.4, -0.2) is 43.5 Å². The van der Waals surface area contributed by atoms with Crippen molar-refractivity contribution in [1.29, 1.82) is 0 Å². The quantitative estimate of drug-likeness (QED) is 0.649. The molecule has 0 amide bonds. The summed E-state index contributed by atoms with van der Waals surface area (Å²) in [6.07, 6.45) is 4.65. The molecule has 0 N–H and O–H groups in total. The van der Waals surface area contributed by atoms with E-state index in [1.165, 1.54) is 18.4 Å². The number of rotatable bonds is 9. The zero-order valence-electron chi connectivity index (χ0n) is 12.6. The summed E-state index contributed by atoms with van der Waals surface area (Å²) in [5.41, 5.74) is 2.13. The summed E-state index contributed by atoms with van der Waals surface area (Å²) in [5.74, 6) is 0.219. The molecule has 0 radical (unpaired) electrons. The number of nitrogens with zero attached hydrogens (tertiary/aromatic N) is 1. The molecule has 3 nitrogen and oxygen atoms in total. The molecule has 110 valence electrons. The number of ether oxygens (including phenoxy) is 1. The Kier molecular flexibility index (Phi) is 5.74. The lowest BCUT2D eigenvalue weighted by molar-refractivity contribution is 0.0886. The lowest BCUT2D eigenvalue weighted by atomic mass is 10.1. The van der Waals surface area contributed by atoms with Crippen LogP contribution in [0, 0.1) is 0 Å². The van der Waals surface area contributed by atoms with Gasteiger partial charge < -0.3 is 4.74 Å². The second-order valence-corrected chi connectivity index (χ2v) is 5.56. The summed E-state index contributed by atoms with van der Waals surface area (Å²) in [4.78, 5) is 14.6. The van der Waals surface area contributed by atoms with Crippen molar-refractivity contribution in [3.63, 3.8) is 0 Å². The molecule has 20 heavy (non-hydrogen) atoms. The van der Waals surface area contributed by atoms with Gasteiger partial charge in [-0.25, -0.2) is 0 Å². The molecule has 1 aliphatic rings. The van der Waals surface area contributed by atoms with Crippen LogP contribution in [0.1, 0.15) is 42.1 Å². The Morgan fingerprint density at radius 2 is 2.00 bits per heavy atom. The molecule has 1 aromatic rings. The van der Waals surface area contributed by atoms with E-state index in [1.54, 1.807) is 7.11 Å². The largest absolute Gasteiger partial charge is 0.383 e. The number of ketones is 1. The summed E-state index contributed by atoms with van der Waals surface area (Å²) in [5, 5.41) is 0. The van der Waals surface area contributed by atoms with E-state index in [9.17, 15) is 4.79 Å². The Balaban J connectivity index is 1.91. The fourth-order valence-corrected chi connectivity index (χ4v) is 2.46. The smallest absolute Gasteiger partial charge is 0.176 e.